The van der Waals surface area contributed by atoms with Crippen molar-refractivity contribution in [2.24, 2.45) is 5.92 Å². The maximum absolute atomic E-state index is 3.60. The smallest absolute Gasteiger partial charge is 0.0242 e. The summed E-state index contributed by atoms with van der Waals surface area (Å²) in [7, 11) is 0. The van der Waals surface area contributed by atoms with Crippen LogP contribution in [0.3, 0.4) is 0 Å². The van der Waals surface area contributed by atoms with Crippen LogP contribution in [0.4, 0.5) is 0 Å². The third kappa shape index (κ3) is 3.30. The Bertz CT molecular complexity index is 310. The predicted molar refractivity (Wildman–Crippen MR) is 70.9 cm³/mol. The molecule has 1 atom stereocenters. The normalized spacial score (nSPS) is 23.2. The topological polar surface area (TPSA) is 3.24 Å². The number of piperidine rings is 1. The quantitative estimate of drug-likeness (QED) is 0.767. The van der Waals surface area contributed by atoms with Crippen LogP contribution in [-0.4, -0.2) is 23.3 Å². The molecule has 1 saturated heterocycles. The van der Waals surface area contributed by atoms with Gasteiger partial charge in [0.25, 0.3) is 0 Å². The van der Waals surface area contributed by atoms with Crippen LogP contribution in [0.25, 0.3) is 0 Å². The van der Waals surface area contributed by atoms with Gasteiger partial charge in [0, 0.05) is 23.3 Å². The van der Waals surface area contributed by atoms with Crippen molar-refractivity contribution >= 4 is 27.3 Å². The molecule has 0 N–H and O–H groups in total. The second-order valence-corrected chi connectivity index (χ2v) is 6.23. The van der Waals surface area contributed by atoms with E-state index >= 15 is 0 Å². The van der Waals surface area contributed by atoms with Gasteiger partial charge < -0.3 is 0 Å². The van der Waals surface area contributed by atoms with E-state index in [1.54, 1.807) is 0 Å². The largest absolute Gasteiger partial charge is 0.299 e. The van der Waals surface area contributed by atoms with Gasteiger partial charge in [-0.15, -0.1) is 11.3 Å². The van der Waals surface area contributed by atoms with Crippen molar-refractivity contribution in [2.45, 2.75) is 26.3 Å². The van der Waals surface area contributed by atoms with Gasteiger partial charge in [0.1, 0.15) is 0 Å². The van der Waals surface area contributed by atoms with E-state index in [1.807, 2.05) is 11.3 Å². The Kier molecular flexibility index (Phi) is 4.23. The van der Waals surface area contributed by atoms with Gasteiger partial charge in [0.2, 0.25) is 0 Å². The van der Waals surface area contributed by atoms with Gasteiger partial charge in [-0.1, -0.05) is 15.9 Å². The highest BCUT2D eigenvalue weighted by Crippen LogP contribution is 2.21. The minimum Gasteiger partial charge on any atom is -0.299 e. The summed E-state index contributed by atoms with van der Waals surface area (Å²) in [5, 5.41) is 3.46. The molecule has 1 nitrogen and oxygen atoms in total. The summed E-state index contributed by atoms with van der Waals surface area (Å²) in [6.45, 7) is 5.87. The molecule has 3 heteroatoms. The highest BCUT2D eigenvalue weighted by molar-refractivity contribution is 9.09. The predicted octanol–water partition coefficient (Wildman–Crippen LogP) is 3.66. The first-order valence-electron chi connectivity index (χ1n) is 5.60. The number of hydrogen-bond donors (Lipinski definition) is 0. The fourth-order valence-corrected chi connectivity index (χ4v) is 3.49. The van der Waals surface area contributed by atoms with Crippen LogP contribution in [0, 0.1) is 12.8 Å². The summed E-state index contributed by atoms with van der Waals surface area (Å²) in [5.74, 6) is 0.860. The van der Waals surface area contributed by atoms with Crippen molar-refractivity contribution in [2.75, 3.05) is 18.4 Å². The van der Waals surface area contributed by atoms with E-state index in [2.05, 4.69) is 39.2 Å². The van der Waals surface area contributed by atoms with Gasteiger partial charge in [-0.2, -0.15) is 0 Å². The molecule has 1 aromatic rings. The SMILES string of the molecule is Cc1cc(CN2CCCC(CBr)C2)cs1. The minimum atomic E-state index is 0.860. The van der Waals surface area contributed by atoms with Gasteiger partial charge in [-0.25, -0.2) is 0 Å². The molecule has 0 radical (unpaired) electrons. The first-order valence-corrected chi connectivity index (χ1v) is 7.60. The first kappa shape index (κ1) is 11.6. The minimum absolute atomic E-state index is 0.860. The molecule has 2 heterocycles. The maximum Gasteiger partial charge on any atom is 0.0242 e. The van der Waals surface area contributed by atoms with Crippen molar-refractivity contribution in [3.05, 3.63) is 21.9 Å². The molecule has 84 valence electrons. The lowest BCUT2D eigenvalue weighted by molar-refractivity contribution is 0.179. The summed E-state index contributed by atoms with van der Waals surface area (Å²) in [6, 6.07) is 2.32. The number of hydrogen-bond acceptors (Lipinski definition) is 2. The Morgan fingerprint density at radius 3 is 3.13 bits per heavy atom. The maximum atomic E-state index is 3.60. The zero-order chi connectivity index (χ0) is 10.7. The van der Waals surface area contributed by atoms with E-state index in [9.17, 15) is 0 Å². The van der Waals surface area contributed by atoms with Crippen LogP contribution in [0.5, 0.6) is 0 Å². The molecule has 0 aliphatic carbocycles. The molecule has 0 bridgehead atoms. The summed E-state index contributed by atoms with van der Waals surface area (Å²) in [5.41, 5.74) is 1.49. The van der Waals surface area contributed by atoms with Crippen molar-refractivity contribution in [1.29, 1.82) is 0 Å². The Hall–Kier alpha value is 0.140. The molecular formula is C12H18BrNS. The third-order valence-corrected chi connectivity index (χ3v) is 4.84. The molecule has 1 aliphatic heterocycles. The second kappa shape index (κ2) is 5.46. The van der Waals surface area contributed by atoms with Crippen LogP contribution >= 0.6 is 27.3 Å². The molecule has 0 aromatic carbocycles. The molecule has 0 saturated carbocycles. The number of thiophene rings is 1. The lowest BCUT2D eigenvalue weighted by Crippen LogP contribution is -2.35. The van der Waals surface area contributed by atoms with Crippen molar-refractivity contribution in [1.82, 2.24) is 4.90 Å². The Labute approximate surface area is 105 Å². The Balaban J connectivity index is 1.88. The van der Waals surface area contributed by atoms with Crippen molar-refractivity contribution in [3.63, 3.8) is 0 Å². The fourth-order valence-electron chi connectivity index (χ4n) is 2.26. The first-order chi connectivity index (χ1) is 7.28. The molecular weight excluding hydrogens is 270 g/mol. The van der Waals surface area contributed by atoms with E-state index in [0.29, 0.717) is 0 Å². The summed E-state index contributed by atoms with van der Waals surface area (Å²) in [4.78, 5) is 4.02. The monoisotopic (exact) mass is 287 g/mol. The number of rotatable bonds is 3. The molecule has 2 rings (SSSR count). The molecule has 0 spiro atoms. The van der Waals surface area contributed by atoms with E-state index in [0.717, 1.165) is 17.8 Å². The van der Waals surface area contributed by atoms with Crippen LogP contribution in [0.1, 0.15) is 23.3 Å². The van der Waals surface area contributed by atoms with Crippen LogP contribution in [0.15, 0.2) is 11.4 Å². The van der Waals surface area contributed by atoms with Gasteiger partial charge >= 0.3 is 0 Å². The standard InChI is InChI=1S/C12H18BrNS/c1-10-5-12(9-15-10)8-14-4-2-3-11(6-13)7-14/h5,9,11H,2-4,6-8H2,1H3. The molecule has 1 aliphatic rings. The van der Waals surface area contributed by atoms with E-state index in [4.69, 9.17) is 0 Å². The number of nitrogens with zero attached hydrogens (tertiary/aromatic N) is 1. The van der Waals surface area contributed by atoms with Gasteiger partial charge in [0.05, 0.1) is 0 Å². The average molecular weight is 288 g/mol. The Morgan fingerprint density at radius 1 is 1.60 bits per heavy atom. The number of alkyl halides is 1. The average Bonchev–Trinajstić information content (AvgIpc) is 2.64. The lowest BCUT2D eigenvalue weighted by atomic mass is 10.00. The molecule has 0 amide bonds. The zero-order valence-corrected chi connectivity index (χ0v) is 11.6. The van der Waals surface area contributed by atoms with Gasteiger partial charge in [0.15, 0.2) is 0 Å². The van der Waals surface area contributed by atoms with Crippen LogP contribution in [-0.2, 0) is 6.54 Å². The zero-order valence-electron chi connectivity index (χ0n) is 9.21. The van der Waals surface area contributed by atoms with Crippen molar-refractivity contribution in [3.8, 4) is 0 Å². The lowest BCUT2D eigenvalue weighted by Gasteiger charge is -2.31. The van der Waals surface area contributed by atoms with Crippen LogP contribution < -0.4 is 0 Å². The molecule has 15 heavy (non-hydrogen) atoms. The number of halogens is 1. The molecule has 1 unspecified atom stereocenters. The molecule has 1 fully saturated rings. The van der Waals surface area contributed by atoms with Gasteiger partial charge in [-0.3, -0.25) is 4.90 Å². The van der Waals surface area contributed by atoms with Gasteiger partial charge in [-0.05, 0) is 49.2 Å². The number of aryl methyl sites for hydroxylation is 1. The summed E-state index contributed by atoms with van der Waals surface area (Å²) < 4.78 is 0. The third-order valence-electron chi connectivity index (χ3n) is 3.01. The molecule has 1 aromatic heterocycles. The van der Waals surface area contributed by atoms with Crippen LogP contribution in [0.2, 0.25) is 0 Å². The van der Waals surface area contributed by atoms with E-state index < -0.39 is 0 Å². The fraction of sp³-hybridized carbons (Fsp3) is 0.667. The summed E-state index contributed by atoms with van der Waals surface area (Å²) in [6.07, 6.45) is 2.75. The van der Waals surface area contributed by atoms with E-state index in [1.165, 1.54) is 36.4 Å². The Morgan fingerprint density at radius 2 is 2.47 bits per heavy atom. The number of likely N-dealkylation sites (tertiary alicyclic amines) is 1. The van der Waals surface area contributed by atoms with Crippen molar-refractivity contribution < 1.29 is 0 Å². The highest BCUT2D eigenvalue weighted by Gasteiger charge is 2.18. The second-order valence-electron chi connectivity index (χ2n) is 4.46. The summed E-state index contributed by atoms with van der Waals surface area (Å²) >= 11 is 5.47. The van der Waals surface area contributed by atoms with E-state index in [-0.39, 0.29) is 0 Å². The highest BCUT2D eigenvalue weighted by atomic mass is 79.9.